The number of ether oxygens (including phenoxy) is 2. The maximum atomic E-state index is 14.0. The number of nitrogens with one attached hydrogen (secondary N) is 2. The number of rotatable bonds is 11. The van der Waals surface area contributed by atoms with Crippen molar-refractivity contribution in [1.29, 1.82) is 0 Å². The number of fused-ring (bicyclic) bond motifs is 2. The van der Waals surface area contributed by atoms with Gasteiger partial charge in [-0.3, -0.25) is 19.2 Å². The van der Waals surface area contributed by atoms with Crippen molar-refractivity contribution in [3.63, 3.8) is 0 Å². The van der Waals surface area contributed by atoms with Gasteiger partial charge in [-0.25, -0.2) is 9.59 Å². The highest BCUT2D eigenvalue weighted by Gasteiger charge is 2.66. The minimum absolute atomic E-state index is 0.116. The van der Waals surface area contributed by atoms with Crippen LogP contribution >= 0.6 is 23.5 Å². The summed E-state index contributed by atoms with van der Waals surface area (Å²) in [5, 5.41) is 4.68. The number of amides is 4. The summed E-state index contributed by atoms with van der Waals surface area (Å²) < 4.78 is 10.3. The van der Waals surface area contributed by atoms with E-state index in [1.807, 2.05) is 88.4 Å². The molecule has 12 nitrogen and oxygen atoms in total. The van der Waals surface area contributed by atoms with E-state index in [-0.39, 0.29) is 24.7 Å². The molecule has 0 aliphatic carbocycles. The third kappa shape index (κ3) is 7.01. The van der Waals surface area contributed by atoms with Gasteiger partial charge in [-0.1, -0.05) is 91.0 Å². The van der Waals surface area contributed by atoms with E-state index in [2.05, 4.69) is 10.6 Å². The van der Waals surface area contributed by atoms with E-state index in [1.54, 1.807) is 30.3 Å². The zero-order valence-electron chi connectivity index (χ0n) is 29.6. The number of nitrogens with zero attached hydrogens (tertiary/aromatic N) is 2. The molecule has 3 aromatic carbocycles. The lowest BCUT2D eigenvalue weighted by Crippen LogP contribution is -2.71. The highest BCUT2D eigenvalue weighted by atomic mass is 32.2. The van der Waals surface area contributed by atoms with Gasteiger partial charge in [0.1, 0.15) is 34.9 Å². The minimum Gasteiger partial charge on any atom is -0.419 e. The fourth-order valence-electron chi connectivity index (χ4n) is 7.37. The number of thioether (sulfide) groups is 2. The third-order valence-electron chi connectivity index (χ3n) is 9.89. The molecule has 7 rings (SSSR count). The Kier molecular flexibility index (Phi) is 9.79. The highest BCUT2D eigenvalue weighted by molar-refractivity contribution is 8.02. The van der Waals surface area contributed by atoms with Crippen LogP contribution in [0.15, 0.2) is 91.0 Å². The van der Waals surface area contributed by atoms with Gasteiger partial charge in [0.05, 0.1) is 12.8 Å². The number of hydrogen-bond acceptors (Lipinski definition) is 10. The molecule has 276 valence electrons. The topological polar surface area (TPSA) is 151 Å². The molecule has 4 amide bonds. The maximum absolute atomic E-state index is 14.0. The first-order valence-corrected chi connectivity index (χ1v) is 19.1. The predicted molar refractivity (Wildman–Crippen MR) is 198 cm³/mol. The SMILES string of the molecule is CC1(C)S[C@@H]2[C@H](NC(=O)Cc3ccccc3)C(=O)N2[C@H]1C(=O)OC(OC(=O)[C@@H]1N2C(=O)[C@@H](NC(=O)Cc3ccccc3)[C@H]2SC1(C)C)c1ccccc1. The van der Waals surface area contributed by atoms with Crippen LogP contribution in [0.25, 0.3) is 0 Å². The molecule has 0 unspecified atom stereocenters. The van der Waals surface area contributed by atoms with Gasteiger partial charge in [-0.2, -0.15) is 0 Å². The molecule has 0 aromatic heterocycles. The van der Waals surface area contributed by atoms with E-state index in [0.717, 1.165) is 11.1 Å². The van der Waals surface area contributed by atoms with E-state index in [0.29, 0.717) is 5.56 Å². The lowest BCUT2D eigenvalue weighted by molar-refractivity contribution is -0.201. The molecule has 4 fully saturated rings. The van der Waals surface area contributed by atoms with Crippen LogP contribution in [0.3, 0.4) is 0 Å². The van der Waals surface area contributed by atoms with E-state index in [9.17, 15) is 28.8 Å². The molecule has 4 aliphatic rings. The number of benzene rings is 3. The maximum Gasteiger partial charge on any atom is 0.333 e. The highest BCUT2D eigenvalue weighted by Crippen LogP contribution is 2.53. The average molecular weight is 757 g/mol. The molecule has 53 heavy (non-hydrogen) atoms. The van der Waals surface area contributed by atoms with Crippen LogP contribution in [0, 0.1) is 0 Å². The van der Waals surface area contributed by atoms with Crippen LogP contribution in [-0.4, -0.2) is 89.8 Å². The Morgan fingerprint density at radius 3 is 1.36 bits per heavy atom. The van der Waals surface area contributed by atoms with Crippen LogP contribution < -0.4 is 10.6 Å². The van der Waals surface area contributed by atoms with E-state index in [4.69, 9.17) is 9.47 Å². The predicted octanol–water partition coefficient (Wildman–Crippen LogP) is 3.35. The summed E-state index contributed by atoms with van der Waals surface area (Å²) in [5.41, 5.74) is 2.01. The number of esters is 2. The Bertz CT molecular complexity index is 1810. The molecule has 0 spiro atoms. The van der Waals surface area contributed by atoms with Crippen molar-refractivity contribution < 1.29 is 38.2 Å². The van der Waals surface area contributed by atoms with Crippen molar-refractivity contribution in [2.24, 2.45) is 0 Å². The second-order valence-corrected chi connectivity index (χ2v) is 18.1. The fourth-order valence-corrected chi connectivity index (χ4v) is 10.6. The summed E-state index contributed by atoms with van der Waals surface area (Å²) in [6.45, 7) is 7.30. The Morgan fingerprint density at radius 2 is 0.981 bits per heavy atom. The van der Waals surface area contributed by atoms with Gasteiger partial charge in [0.15, 0.2) is 0 Å². The summed E-state index contributed by atoms with van der Waals surface area (Å²) >= 11 is 2.78. The molecule has 0 saturated carbocycles. The quantitative estimate of drug-likeness (QED) is 0.169. The second kappa shape index (κ2) is 14.2. The normalized spacial score (nSPS) is 26.1. The Labute approximate surface area is 315 Å². The molecule has 3 aromatic rings. The van der Waals surface area contributed by atoms with E-state index in [1.165, 1.54) is 33.3 Å². The van der Waals surface area contributed by atoms with Gasteiger partial charge in [-0.05, 0) is 38.8 Å². The zero-order valence-corrected chi connectivity index (χ0v) is 31.2. The first kappa shape index (κ1) is 36.5. The van der Waals surface area contributed by atoms with Gasteiger partial charge in [0.25, 0.3) is 6.29 Å². The Hall–Kier alpha value is -4.82. The van der Waals surface area contributed by atoms with Crippen LogP contribution in [0.1, 0.15) is 50.7 Å². The molecule has 4 heterocycles. The largest absolute Gasteiger partial charge is 0.419 e. The Morgan fingerprint density at radius 1 is 0.623 bits per heavy atom. The summed E-state index contributed by atoms with van der Waals surface area (Å²) in [5.74, 6) is -2.94. The van der Waals surface area contributed by atoms with E-state index >= 15 is 0 Å². The van der Waals surface area contributed by atoms with Gasteiger partial charge < -0.3 is 29.9 Å². The molecule has 4 aliphatic heterocycles. The lowest BCUT2D eigenvalue weighted by atomic mass is 9.95. The third-order valence-corrected chi connectivity index (χ3v) is 13.0. The van der Waals surface area contributed by atoms with E-state index < -0.39 is 74.5 Å². The molecular formula is C39H40N4O8S2. The first-order chi connectivity index (χ1) is 25.2. The molecular weight excluding hydrogens is 717 g/mol. The van der Waals surface area contributed by atoms with Gasteiger partial charge in [-0.15, -0.1) is 23.5 Å². The van der Waals surface area contributed by atoms with Crippen molar-refractivity contribution in [3.05, 3.63) is 108 Å². The minimum atomic E-state index is -1.48. The summed E-state index contributed by atoms with van der Waals surface area (Å²) in [6.07, 6.45) is -1.25. The number of carbonyl (C=O) groups is 6. The van der Waals surface area contributed by atoms with Crippen LogP contribution in [0.4, 0.5) is 0 Å². The molecule has 6 atom stereocenters. The molecule has 2 N–H and O–H groups in total. The zero-order chi connectivity index (χ0) is 37.7. The van der Waals surface area contributed by atoms with Gasteiger partial charge in [0, 0.05) is 15.1 Å². The molecule has 0 radical (unpaired) electrons. The van der Waals surface area contributed by atoms with Crippen molar-refractivity contribution in [1.82, 2.24) is 20.4 Å². The number of β-lactam (4-membered cyclic amide) rings is 2. The van der Waals surface area contributed by atoms with Gasteiger partial charge in [0.2, 0.25) is 23.6 Å². The molecule has 0 bridgehead atoms. The van der Waals surface area contributed by atoms with Crippen molar-refractivity contribution in [2.75, 3.05) is 0 Å². The van der Waals surface area contributed by atoms with Crippen molar-refractivity contribution in [3.8, 4) is 0 Å². The number of hydrogen-bond donors (Lipinski definition) is 2. The monoisotopic (exact) mass is 756 g/mol. The van der Waals surface area contributed by atoms with Crippen LogP contribution in [0.5, 0.6) is 0 Å². The number of carbonyl (C=O) groups excluding carboxylic acids is 6. The lowest BCUT2D eigenvalue weighted by Gasteiger charge is -2.44. The first-order valence-electron chi connectivity index (χ1n) is 17.4. The Balaban J connectivity index is 1.03. The van der Waals surface area contributed by atoms with Crippen LogP contribution in [-0.2, 0) is 51.1 Å². The fraction of sp³-hybridized carbons (Fsp3) is 0.385. The smallest absolute Gasteiger partial charge is 0.333 e. The summed E-state index contributed by atoms with van der Waals surface area (Å²) in [7, 11) is 0. The summed E-state index contributed by atoms with van der Waals surface area (Å²) in [4.78, 5) is 83.4. The molecule has 4 saturated heterocycles. The summed E-state index contributed by atoms with van der Waals surface area (Å²) in [6, 6.07) is 23.2. The van der Waals surface area contributed by atoms with Crippen LogP contribution in [0.2, 0.25) is 0 Å². The van der Waals surface area contributed by atoms with Crippen molar-refractivity contribution >= 4 is 59.1 Å². The molecule has 14 heteroatoms. The standard InChI is InChI=1S/C39H40N4O8S2/c1-38(2)29(42-31(46)27(33(42)52-38)40-25(44)20-22-14-8-5-9-15-22)35(48)50-37(24-18-12-7-13-19-24)51-36(49)30-39(3,4)53-34-28(32(47)43(30)34)41-26(45)21-23-16-10-6-11-17-23/h5-19,27-30,33-34,37H,20-21H2,1-4H3,(H,40,44)(H,41,45)/t27-,28-,29+,30+,33-,34-/m1/s1. The second-order valence-electron chi connectivity index (χ2n) is 14.6. The average Bonchev–Trinajstić information content (AvgIpc) is 3.54. The van der Waals surface area contributed by atoms with Gasteiger partial charge >= 0.3 is 11.9 Å². The van der Waals surface area contributed by atoms with Crippen molar-refractivity contribution in [2.45, 2.75) is 91.2 Å².